The Bertz CT molecular complexity index is 855. The summed E-state index contributed by atoms with van der Waals surface area (Å²) in [7, 11) is 0. The van der Waals surface area contributed by atoms with E-state index in [1.807, 2.05) is 17.1 Å². The van der Waals surface area contributed by atoms with E-state index in [4.69, 9.17) is 4.98 Å². The summed E-state index contributed by atoms with van der Waals surface area (Å²) in [6.45, 7) is 5.34. The van der Waals surface area contributed by atoms with Gasteiger partial charge in [0, 0.05) is 30.4 Å². The zero-order valence-electron chi connectivity index (χ0n) is 13.4. The Morgan fingerprint density at radius 3 is 2.83 bits per heavy atom. The van der Waals surface area contributed by atoms with Gasteiger partial charge in [0.05, 0.1) is 30.2 Å². The summed E-state index contributed by atoms with van der Waals surface area (Å²) in [5.74, 6) is 0.931. The van der Waals surface area contributed by atoms with Crippen molar-refractivity contribution in [2.75, 3.05) is 18.1 Å². The smallest absolute Gasteiger partial charge is 0.131 e. The molecule has 1 fully saturated rings. The molecule has 1 aromatic carbocycles. The van der Waals surface area contributed by atoms with Crippen molar-refractivity contribution in [1.29, 1.82) is 0 Å². The zero-order chi connectivity index (χ0) is 16.0. The average molecular weight is 308 g/mol. The largest absolute Gasteiger partial charge is 0.394 e. The highest BCUT2D eigenvalue weighted by Crippen LogP contribution is 2.32. The summed E-state index contributed by atoms with van der Waals surface area (Å²) >= 11 is 0. The number of rotatable bonds is 3. The Hall–Kier alpha value is -2.40. The number of aliphatic hydroxyl groups is 1. The molecule has 4 rings (SSSR count). The molecule has 3 aromatic rings. The number of aromatic nitrogens is 3. The van der Waals surface area contributed by atoms with Gasteiger partial charge in [-0.3, -0.25) is 0 Å². The van der Waals surface area contributed by atoms with Crippen LogP contribution in [0.15, 0.2) is 36.9 Å². The Morgan fingerprint density at radius 2 is 2.17 bits per heavy atom. The van der Waals surface area contributed by atoms with Gasteiger partial charge < -0.3 is 14.6 Å². The molecule has 1 aliphatic rings. The van der Waals surface area contributed by atoms with Gasteiger partial charge in [-0.05, 0) is 31.4 Å². The molecule has 0 amide bonds. The Labute approximate surface area is 135 Å². The molecule has 118 valence electrons. The first-order valence-electron chi connectivity index (χ1n) is 7.96. The fourth-order valence-electron chi connectivity index (χ4n) is 3.19. The van der Waals surface area contributed by atoms with Crippen LogP contribution in [0.25, 0.3) is 16.6 Å². The number of nitrogens with zero attached hydrogens (tertiary/aromatic N) is 4. The number of aliphatic hydroxyl groups excluding tert-OH is 1. The number of hydrogen-bond donors (Lipinski definition) is 1. The van der Waals surface area contributed by atoms with Gasteiger partial charge in [0.25, 0.3) is 0 Å². The lowest BCUT2D eigenvalue weighted by Crippen LogP contribution is -2.50. The maximum Gasteiger partial charge on any atom is 0.131 e. The number of aryl methyl sites for hydroxylation is 2. The third kappa shape index (κ3) is 2.19. The summed E-state index contributed by atoms with van der Waals surface area (Å²) in [6, 6.07) is 6.55. The Balaban J connectivity index is 1.97. The molecule has 5 nitrogen and oxygen atoms in total. The van der Waals surface area contributed by atoms with E-state index in [2.05, 4.69) is 41.9 Å². The van der Waals surface area contributed by atoms with Crippen LogP contribution < -0.4 is 4.90 Å². The monoisotopic (exact) mass is 308 g/mol. The normalized spacial score (nSPS) is 17.5. The molecular weight excluding hydrogens is 288 g/mol. The van der Waals surface area contributed by atoms with Crippen LogP contribution in [0, 0.1) is 13.8 Å². The quantitative estimate of drug-likeness (QED) is 0.808. The topological polar surface area (TPSA) is 54.2 Å². The molecule has 1 saturated heterocycles. The van der Waals surface area contributed by atoms with E-state index in [0.717, 1.165) is 35.4 Å². The molecule has 0 aliphatic carbocycles. The summed E-state index contributed by atoms with van der Waals surface area (Å²) in [5, 5.41) is 10.6. The summed E-state index contributed by atoms with van der Waals surface area (Å²) in [6.07, 6.45) is 6.57. The molecule has 0 radical (unpaired) electrons. The van der Waals surface area contributed by atoms with Gasteiger partial charge >= 0.3 is 0 Å². The molecule has 3 heterocycles. The molecule has 1 N–H and O–H groups in total. The van der Waals surface area contributed by atoms with Crippen LogP contribution in [0.2, 0.25) is 0 Å². The summed E-state index contributed by atoms with van der Waals surface area (Å²) < 4.78 is 2.02. The van der Waals surface area contributed by atoms with Crippen LogP contribution in [0.3, 0.4) is 0 Å². The lowest BCUT2D eigenvalue weighted by atomic mass is 10.0. The van der Waals surface area contributed by atoms with E-state index in [1.54, 1.807) is 6.20 Å². The van der Waals surface area contributed by atoms with E-state index in [-0.39, 0.29) is 12.6 Å². The minimum atomic E-state index is 0.174. The van der Waals surface area contributed by atoms with E-state index in [1.165, 1.54) is 11.1 Å². The molecule has 0 spiro atoms. The number of imidazole rings is 1. The van der Waals surface area contributed by atoms with Gasteiger partial charge in [0.2, 0.25) is 0 Å². The van der Waals surface area contributed by atoms with Crippen LogP contribution in [0.5, 0.6) is 0 Å². The van der Waals surface area contributed by atoms with Crippen molar-refractivity contribution in [2.45, 2.75) is 26.3 Å². The second-order valence-corrected chi connectivity index (χ2v) is 6.19. The van der Waals surface area contributed by atoms with Gasteiger partial charge in [-0.1, -0.05) is 12.1 Å². The highest BCUT2D eigenvalue weighted by atomic mass is 16.3. The summed E-state index contributed by atoms with van der Waals surface area (Å²) in [4.78, 5) is 11.3. The Morgan fingerprint density at radius 1 is 1.30 bits per heavy atom. The molecular formula is C18H20N4O. The van der Waals surface area contributed by atoms with Gasteiger partial charge in [-0.25, -0.2) is 9.97 Å². The van der Waals surface area contributed by atoms with Crippen molar-refractivity contribution in [2.24, 2.45) is 0 Å². The van der Waals surface area contributed by atoms with Crippen LogP contribution in [-0.2, 0) is 0 Å². The van der Waals surface area contributed by atoms with E-state index < -0.39 is 0 Å². The highest BCUT2D eigenvalue weighted by Gasteiger charge is 2.29. The van der Waals surface area contributed by atoms with Crippen LogP contribution in [-0.4, -0.2) is 38.8 Å². The molecule has 5 heteroatoms. The standard InChI is InChI=1S/C18H20N4O/c1-12-3-4-15-16(21-8-6-19-11-21)9-17(20-18(15)13(12)2)22-7-5-14(22)10-23/h3-4,6,8-9,11,14,23H,5,7,10H2,1-2H3/t14-/m0/s1. The maximum absolute atomic E-state index is 9.50. The fraction of sp³-hybridized carbons (Fsp3) is 0.333. The first-order chi connectivity index (χ1) is 11.2. The average Bonchev–Trinajstić information content (AvgIpc) is 3.04. The van der Waals surface area contributed by atoms with Crippen molar-refractivity contribution in [3.63, 3.8) is 0 Å². The molecule has 23 heavy (non-hydrogen) atoms. The van der Waals surface area contributed by atoms with Gasteiger partial charge in [0.1, 0.15) is 5.82 Å². The maximum atomic E-state index is 9.50. The third-order valence-electron chi connectivity index (χ3n) is 4.90. The van der Waals surface area contributed by atoms with Crippen LogP contribution in [0.4, 0.5) is 5.82 Å². The first kappa shape index (κ1) is 14.2. The molecule has 0 bridgehead atoms. The second kappa shape index (κ2) is 5.35. The van der Waals surface area contributed by atoms with Crippen molar-refractivity contribution < 1.29 is 5.11 Å². The first-order valence-corrected chi connectivity index (χ1v) is 7.96. The zero-order valence-corrected chi connectivity index (χ0v) is 13.4. The van der Waals surface area contributed by atoms with Gasteiger partial charge in [0.15, 0.2) is 0 Å². The number of pyridine rings is 1. The second-order valence-electron chi connectivity index (χ2n) is 6.19. The van der Waals surface area contributed by atoms with Crippen LogP contribution >= 0.6 is 0 Å². The number of fused-ring (bicyclic) bond motifs is 1. The molecule has 0 saturated carbocycles. The van der Waals surface area contributed by atoms with Crippen molar-refractivity contribution in [3.05, 3.63) is 48.0 Å². The molecule has 1 aliphatic heterocycles. The highest BCUT2D eigenvalue weighted by molar-refractivity contribution is 5.92. The molecule has 2 aromatic heterocycles. The number of benzene rings is 1. The molecule has 0 unspecified atom stereocenters. The Kier molecular flexibility index (Phi) is 3.31. The summed E-state index contributed by atoms with van der Waals surface area (Å²) in [5.41, 5.74) is 4.54. The SMILES string of the molecule is Cc1ccc2c(-n3ccnc3)cc(N3CC[C@H]3CO)nc2c1C. The third-order valence-corrected chi connectivity index (χ3v) is 4.90. The minimum absolute atomic E-state index is 0.174. The van der Waals surface area contributed by atoms with Gasteiger partial charge in [-0.15, -0.1) is 0 Å². The van der Waals surface area contributed by atoms with Crippen LogP contribution in [0.1, 0.15) is 17.5 Å². The number of hydrogen-bond acceptors (Lipinski definition) is 4. The minimum Gasteiger partial charge on any atom is -0.394 e. The van der Waals surface area contributed by atoms with E-state index in [0.29, 0.717) is 0 Å². The lowest BCUT2D eigenvalue weighted by Gasteiger charge is -2.41. The lowest BCUT2D eigenvalue weighted by molar-refractivity contribution is 0.225. The van der Waals surface area contributed by atoms with Crippen molar-refractivity contribution >= 4 is 16.7 Å². The van der Waals surface area contributed by atoms with Crippen molar-refractivity contribution in [1.82, 2.24) is 14.5 Å². The van der Waals surface area contributed by atoms with Crippen molar-refractivity contribution in [3.8, 4) is 5.69 Å². The van der Waals surface area contributed by atoms with Gasteiger partial charge in [-0.2, -0.15) is 0 Å². The van der Waals surface area contributed by atoms with E-state index >= 15 is 0 Å². The predicted octanol–water partition coefficient (Wildman–Crippen LogP) is 2.61. The fourth-order valence-corrected chi connectivity index (χ4v) is 3.19. The van der Waals surface area contributed by atoms with E-state index in [9.17, 15) is 5.11 Å². The predicted molar refractivity (Wildman–Crippen MR) is 91.2 cm³/mol. The molecule has 1 atom stereocenters. The number of anilines is 1.